The molecule has 0 aromatic heterocycles. The number of rotatable bonds is 6. The Morgan fingerprint density at radius 2 is 1.00 bits per heavy atom. The molecular weight excluding hydrogens is 685 g/mol. The first-order valence-electron chi connectivity index (χ1n) is 11.5. The SMILES string of the molecule is O=C(NN=Cc1cc(Cl)cc(Cl)c1[O-])c1ccccc1O.O=C(NN=Cc1cc(Cl)cc(Cl)c1[O-])c1ccccc1O.[Mn+2]. The first kappa shape index (κ1) is 35.2. The van der Waals surface area contributed by atoms with Crippen LogP contribution in [-0.4, -0.2) is 34.5 Å². The van der Waals surface area contributed by atoms with Gasteiger partial charge in [-0.05, 0) is 59.7 Å². The fourth-order valence-electron chi connectivity index (χ4n) is 3.12. The zero-order valence-electron chi connectivity index (χ0n) is 21.4. The Kier molecular flexibility index (Phi) is 13.6. The molecule has 0 aliphatic heterocycles. The number of benzene rings is 4. The molecule has 0 aliphatic rings. The molecule has 43 heavy (non-hydrogen) atoms. The van der Waals surface area contributed by atoms with Gasteiger partial charge in [0.15, 0.2) is 0 Å². The van der Waals surface area contributed by atoms with Gasteiger partial charge in [-0.25, -0.2) is 10.9 Å². The van der Waals surface area contributed by atoms with Crippen molar-refractivity contribution in [3.63, 3.8) is 0 Å². The van der Waals surface area contributed by atoms with Crippen LogP contribution in [0.3, 0.4) is 0 Å². The average molecular weight is 703 g/mol. The molecule has 0 fully saturated rings. The molecule has 0 aliphatic carbocycles. The van der Waals surface area contributed by atoms with Gasteiger partial charge >= 0.3 is 17.1 Å². The van der Waals surface area contributed by atoms with Crippen LogP contribution in [0.5, 0.6) is 23.0 Å². The van der Waals surface area contributed by atoms with Gasteiger partial charge in [0.25, 0.3) is 11.8 Å². The second-order valence-corrected chi connectivity index (χ2v) is 9.73. The predicted octanol–water partition coefficient (Wildman–Crippen LogP) is 5.07. The third-order valence-corrected chi connectivity index (χ3v) is 6.11. The molecule has 0 spiro atoms. The molecule has 4 aromatic rings. The van der Waals surface area contributed by atoms with E-state index in [4.69, 9.17) is 46.4 Å². The number of nitrogens with zero attached hydrogens (tertiary/aromatic N) is 2. The molecule has 0 heterocycles. The monoisotopic (exact) mass is 701 g/mol. The van der Waals surface area contributed by atoms with Gasteiger partial charge in [-0.3, -0.25) is 9.59 Å². The largest absolute Gasteiger partial charge is 2.00 e. The average Bonchev–Trinajstić information content (AvgIpc) is 2.94. The molecule has 0 saturated heterocycles. The van der Waals surface area contributed by atoms with Crippen LogP contribution in [0, 0.1) is 0 Å². The summed E-state index contributed by atoms with van der Waals surface area (Å²) in [6.07, 6.45) is 2.27. The van der Waals surface area contributed by atoms with Gasteiger partial charge in [-0.1, -0.05) is 82.2 Å². The summed E-state index contributed by atoms with van der Waals surface area (Å²) in [7, 11) is 0. The quantitative estimate of drug-likeness (QED) is 0.124. The molecule has 4 rings (SSSR count). The van der Waals surface area contributed by atoms with Crippen LogP contribution >= 0.6 is 46.4 Å². The Hall–Kier alpha value is -3.96. The van der Waals surface area contributed by atoms with Crippen molar-refractivity contribution in [1.29, 1.82) is 0 Å². The summed E-state index contributed by atoms with van der Waals surface area (Å²) in [5, 5.41) is 50.2. The van der Waals surface area contributed by atoms with Gasteiger partial charge in [-0.2, -0.15) is 10.2 Å². The summed E-state index contributed by atoms with van der Waals surface area (Å²) in [6, 6.07) is 17.4. The van der Waals surface area contributed by atoms with Crippen LogP contribution in [0.15, 0.2) is 83.0 Å². The van der Waals surface area contributed by atoms with E-state index in [1.165, 1.54) is 48.5 Å². The normalized spacial score (nSPS) is 10.5. The maximum absolute atomic E-state index is 11.8. The molecule has 15 heteroatoms. The van der Waals surface area contributed by atoms with E-state index in [-0.39, 0.29) is 70.9 Å². The van der Waals surface area contributed by atoms with E-state index in [1.807, 2.05) is 0 Å². The second kappa shape index (κ2) is 16.6. The number of nitrogens with one attached hydrogen (secondary N) is 2. The number of phenolic OH excluding ortho intramolecular Hbond substituents is 2. The fourth-order valence-corrected chi connectivity index (χ4v) is 4.14. The summed E-state index contributed by atoms with van der Waals surface area (Å²) in [6.45, 7) is 0. The van der Waals surface area contributed by atoms with Gasteiger partial charge in [0, 0.05) is 20.1 Å². The van der Waals surface area contributed by atoms with E-state index >= 15 is 0 Å². The molecule has 1 radical (unpaired) electrons. The number of carbonyl (C=O) groups is 2. The van der Waals surface area contributed by atoms with Crippen molar-refractivity contribution < 1.29 is 47.1 Å². The molecular formula is C28H18Cl4MnN4O6. The summed E-state index contributed by atoms with van der Waals surface area (Å²) in [5.41, 5.74) is 4.83. The molecule has 4 N–H and O–H groups in total. The van der Waals surface area contributed by atoms with E-state index in [0.29, 0.717) is 0 Å². The Balaban J connectivity index is 0.000000293. The number of aromatic hydroxyl groups is 2. The second-order valence-electron chi connectivity index (χ2n) is 8.04. The molecule has 10 nitrogen and oxygen atoms in total. The first-order valence-corrected chi connectivity index (χ1v) is 13.0. The van der Waals surface area contributed by atoms with E-state index < -0.39 is 23.3 Å². The summed E-state index contributed by atoms with van der Waals surface area (Å²) in [4.78, 5) is 23.5. The Morgan fingerprint density at radius 1 is 0.651 bits per heavy atom. The summed E-state index contributed by atoms with van der Waals surface area (Å²) >= 11 is 22.9. The Labute approximate surface area is 275 Å². The van der Waals surface area contributed by atoms with E-state index in [0.717, 1.165) is 12.4 Å². The van der Waals surface area contributed by atoms with E-state index in [1.54, 1.807) is 24.3 Å². The molecule has 0 unspecified atom stereocenters. The molecule has 4 aromatic carbocycles. The third-order valence-electron chi connectivity index (χ3n) is 5.11. The molecule has 2 amide bonds. The van der Waals surface area contributed by atoms with Crippen LogP contribution < -0.4 is 21.1 Å². The molecule has 0 atom stereocenters. The third kappa shape index (κ3) is 10.1. The van der Waals surface area contributed by atoms with Crippen molar-refractivity contribution in [3.05, 3.63) is 115 Å². The number of hydrogen-bond acceptors (Lipinski definition) is 8. The van der Waals surface area contributed by atoms with Gasteiger partial charge in [0.2, 0.25) is 0 Å². The molecule has 0 saturated carbocycles. The van der Waals surface area contributed by atoms with Gasteiger partial charge in [-0.15, -0.1) is 0 Å². The van der Waals surface area contributed by atoms with Gasteiger partial charge < -0.3 is 20.4 Å². The number of hydrogen-bond donors (Lipinski definition) is 4. The minimum atomic E-state index is -0.607. The van der Waals surface area contributed by atoms with Crippen LogP contribution in [0.1, 0.15) is 31.8 Å². The fraction of sp³-hybridized carbons (Fsp3) is 0. The van der Waals surface area contributed by atoms with Crippen LogP contribution in [0.4, 0.5) is 0 Å². The Morgan fingerprint density at radius 3 is 1.35 bits per heavy atom. The Bertz CT molecular complexity index is 1560. The topological polar surface area (TPSA) is 169 Å². The van der Waals surface area contributed by atoms with Crippen LogP contribution in [0.25, 0.3) is 0 Å². The minimum Gasteiger partial charge on any atom is -0.871 e. The maximum Gasteiger partial charge on any atom is 2.00 e. The van der Waals surface area contributed by atoms with Gasteiger partial charge in [0.1, 0.15) is 11.5 Å². The van der Waals surface area contributed by atoms with Gasteiger partial charge in [0.05, 0.1) is 23.6 Å². The number of phenols is 2. The van der Waals surface area contributed by atoms with Crippen molar-refractivity contribution in [2.45, 2.75) is 0 Å². The number of hydrazone groups is 2. The van der Waals surface area contributed by atoms with Crippen LogP contribution in [0.2, 0.25) is 20.1 Å². The zero-order valence-corrected chi connectivity index (χ0v) is 25.6. The smallest absolute Gasteiger partial charge is 0.871 e. The van der Waals surface area contributed by atoms with Crippen molar-refractivity contribution in [3.8, 4) is 23.0 Å². The van der Waals surface area contributed by atoms with Crippen molar-refractivity contribution in [1.82, 2.24) is 10.9 Å². The number of para-hydroxylation sites is 2. The number of amides is 2. The van der Waals surface area contributed by atoms with E-state index in [2.05, 4.69) is 21.1 Å². The predicted molar refractivity (Wildman–Crippen MR) is 158 cm³/mol. The minimum absolute atomic E-state index is 0. The van der Waals surface area contributed by atoms with Crippen LogP contribution in [-0.2, 0) is 17.1 Å². The zero-order chi connectivity index (χ0) is 30.8. The number of halogens is 4. The van der Waals surface area contributed by atoms with Crippen molar-refractivity contribution in [2.75, 3.05) is 0 Å². The van der Waals surface area contributed by atoms with Crippen molar-refractivity contribution in [2.24, 2.45) is 10.2 Å². The van der Waals surface area contributed by atoms with E-state index in [9.17, 15) is 30.0 Å². The number of carbonyl (C=O) groups excluding carboxylic acids is 2. The molecule has 0 bridgehead atoms. The summed E-state index contributed by atoms with van der Waals surface area (Å²) in [5.74, 6) is -2.43. The maximum atomic E-state index is 11.8. The first-order chi connectivity index (χ1) is 20.0. The summed E-state index contributed by atoms with van der Waals surface area (Å²) < 4.78 is 0. The standard InChI is InChI=1S/2C14H10Cl2N2O3.Mn/c2*15-9-5-8(13(20)11(16)6-9)7-17-18-14(21)10-3-1-2-4-12(10)19;/h2*1-7,19-20H,(H,18,21);/q;;+2/p-2. The van der Waals surface area contributed by atoms with Crippen molar-refractivity contribution >= 4 is 70.6 Å². The molecule has 221 valence electrons.